The van der Waals surface area contributed by atoms with Crippen LogP contribution in [0.4, 0.5) is 0 Å². The van der Waals surface area contributed by atoms with Gasteiger partial charge in [-0.15, -0.1) is 11.8 Å². The van der Waals surface area contributed by atoms with E-state index in [1.165, 1.54) is 16.7 Å². The number of hydrogen-bond donors (Lipinski definition) is 1. The van der Waals surface area contributed by atoms with Crippen LogP contribution in [0.5, 0.6) is 0 Å². The Hall–Kier alpha value is -1.81. The quantitative estimate of drug-likeness (QED) is 0.429. The predicted octanol–water partition coefficient (Wildman–Crippen LogP) is -2.44. The number of rotatable bonds is 4. The summed E-state index contributed by atoms with van der Waals surface area (Å²) in [5.74, 6) is -1.86. The Morgan fingerprint density at radius 1 is 1.28 bits per heavy atom. The first-order valence-corrected chi connectivity index (χ1v) is 9.64. The molecule has 1 aromatic carbocycles. The monoisotopic (exact) mass is 423 g/mol. The molecule has 0 aliphatic carbocycles. The normalized spacial score (nSPS) is 24.3. The number of carboxylic acid groups (broad SMARTS) is 1. The molecule has 2 unspecified atom stereocenters. The first-order valence-electron chi connectivity index (χ1n) is 8.76. The maximum absolute atomic E-state index is 12.9. The number of aliphatic carboxylic acids is 1. The molecule has 8 nitrogen and oxygen atoms in total. The van der Waals surface area contributed by atoms with E-state index in [0.29, 0.717) is 11.5 Å². The molecule has 2 aromatic rings. The Bertz CT molecular complexity index is 977. The second-order valence-corrected chi connectivity index (χ2v) is 9.13. The van der Waals surface area contributed by atoms with Crippen LogP contribution in [-0.4, -0.2) is 50.0 Å². The summed E-state index contributed by atoms with van der Waals surface area (Å²) in [5, 5.41) is 17.7. The van der Waals surface area contributed by atoms with Crippen molar-refractivity contribution in [3.63, 3.8) is 0 Å². The molecule has 10 heteroatoms. The van der Waals surface area contributed by atoms with E-state index >= 15 is 0 Å². The number of nitrogens with zero attached hydrogens (tertiary/aromatic N) is 2. The number of nitrogens with one attached hydrogen (secondary N) is 1. The van der Waals surface area contributed by atoms with Gasteiger partial charge in [-0.25, -0.2) is 0 Å². The van der Waals surface area contributed by atoms with Crippen LogP contribution in [0.25, 0.3) is 11.3 Å². The minimum atomic E-state index is -1.29. The molecule has 1 aromatic heterocycles. The number of fused-ring (bicyclic) bond motifs is 1. The molecule has 2 aliphatic heterocycles. The van der Waals surface area contributed by atoms with Gasteiger partial charge in [-0.05, 0) is 20.8 Å². The fourth-order valence-electron chi connectivity index (χ4n) is 3.77. The SMILES string of the molecule is Cc1onc(-c2ccccc2)c1C(=O)N[C@@H]1C(=O)N2C1SC(C)(C)C2C(=O)[O-].[Na+]. The van der Waals surface area contributed by atoms with E-state index in [4.69, 9.17) is 4.52 Å². The molecule has 4 rings (SSSR count). The van der Waals surface area contributed by atoms with Crippen LogP contribution in [0.3, 0.4) is 0 Å². The summed E-state index contributed by atoms with van der Waals surface area (Å²) >= 11 is 1.34. The Kier molecular flexibility index (Phi) is 5.88. The molecule has 0 radical (unpaired) electrons. The van der Waals surface area contributed by atoms with Crippen LogP contribution >= 0.6 is 11.8 Å². The number of aryl methyl sites for hydroxylation is 1. The number of carbonyl (C=O) groups excluding carboxylic acids is 3. The van der Waals surface area contributed by atoms with Gasteiger partial charge in [0.1, 0.15) is 28.4 Å². The van der Waals surface area contributed by atoms with Gasteiger partial charge in [0.2, 0.25) is 5.91 Å². The van der Waals surface area contributed by atoms with Crippen LogP contribution in [0.2, 0.25) is 0 Å². The number of amides is 2. The first kappa shape index (κ1) is 21.9. The number of benzene rings is 1. The number of thioether (sulfide) groups is 1. The van der Waals surface area contributed by atoms with Crippen molar-refractivity contribution in [2.24, 2.45) is 0 Å². The topological polar surface area (TPSA) is 116 Å². The van der Waals surface area contributed by atoms with Crippen molar-refractivity contribution >= 4 is 29.5 Å². The first-order chi connectivity index (χ1) is 13.2. The van der Waals surface area contributed by atoms with Crippen LogP contribution < -0.4 is 40.0 Å². The van der Waals surface area contributed by atoms with Crippen molar-refractivity contribution in [2.45, 2.75) is 43.0 Å². The van der Waals surface area contributed by atoms with Crippen molar-refractivity contribution < 1.29 is 53.6 Å². The standard InChI is InChI=1S/C19H19N3O5S.Na/c1-9-11(12(21-27-9)10-7-5-4-6-8-10)15(23)20-13-16(24)22-14(18(25)26)19(2,3)28-17(13)22;/h4-8,13-14,17H,1-3H3,(H,20,23)(H,25,26);/q;+1/p-1/t13-,14?,17?;/m1./s1. The van der Waals surface area contributed by atoms with E-state index in [0.717, 1.165) is 5.56 Å². The molecule has 3 heterocycles. The number of aromatic nitrogens is 1. The Morgan fingerprint density at radius 2 is 1.93 bits per heavy atom. The fraction of sp³-hybridized carbons (Fsp3) is 0.368. The Balaban J connectivity index is 0.00000240. The average molecular weight is 423 g/mol. The van der Waals surface area contributed by atoms with Crippen LogP contribution in [-0.2, 0) is 9.59 Å². The van der Waals surface area contributed by atoms with Crippen molar-refractivity contribution in [3.05, 3.63) is 41.7 Å². The van der Waals surface area contributed by atoms with Gasteiger partial charge < -0.3 is 24.6 Å². The molecular formula is C19H18N3NaO5S. The van der Waals surface area contributed by atoms with E-state index in [-0.39, 0.29) is 35.1 Å². The van der Waals surface area contributed by atoms with Crippen molar-refractivity contribution in [3.8, 4) is 11.3 Å². The summed E-state index contributed by atoms with van der Waals surface area (Å²) < 4.78 is 4.49. The summed E-state index contributed by atoms with van der Waals surface area (Å²) in [6.07, 6.45) is 0. The van der Waals surface area contributed by atoms with Crippen LogP contribution in [0.1, 0.15) is 30.0 Å². The summed E-state index contributed by atoms with van der Waals surface area (Å²) in [6.45, 7) is 5.13. The van der Waals surface area contributed by atoms with Gasteiger partial charge in [0.25, 0.3) is 5.91 Å². The zero-order valence-electron chi connectivity index (χ0n) is 16.5. The summed E-state index contributed by atoms with van der Waals surface area (Å²) in [7, 11) is 0. The summed E-state index contributed by atoms with van der Waals surface area (Å²) in [4.78, 5) is 38.2. The Labute approximate surface area is 193 Å². The van der Waals surface area contributed by atoms with Gasteiger partial charge in [0.15, 0.2) is 0 Å². The van der Waals surface area contributed by atoms with E-state index in [1.54, 1.807) is 20.8 Å². The molecule has 0 saturated carbocycles. The second-order valence-electron chi connectivity index (χ2n) is 7.36. The molecular weight excluding hydrogens is 405 g/mol. The average Bonchev–Trinajstić information content (AvgIpc) is 3.15. The minimum Gasteiger partial charge on any atom is -0.548 e. The van der Waals surface area contributed by atoms with Crippen LogP contribution in [0, 0.1) is 6.92 Å². The van der Waals surface area contributed by atoms with E-state index in [2.05, 4.69) is 10.5 Å². The number of carbonyl (C=O) groups is 3. The van der Waals surface area contributed by atoms with Crippen molar-refractivity contribution in [2.75, 3.05) is 0 Å². The van der Waals surface area contributed by atoms with Gasteiger partial charge in [0, 0.05) is 10.3 Å². The fourth-order valence-corrected chi connectivity index (χ4v) is 5.39. The zero-order valence-corrected chi connectivity index (χ0v) is 19.3. The predicted molar refractivity (Wildman–Crippen MR) is 99.0 cm³/mol. The molecule has 1 N–H and O–H groups in total. The molecule has 0 spiro atoms. The molecule has 2 amide bonds. The molecule has 2 fully saturated rings. The van der Waals surface area contributed by atoms with Gasteiger partial charge in [0.05, 0.1) is 12.0 Å². The molecule has 0 bridgehead atoms. The van der Waals surface area contributed by atoms with Gasteiger partial charge in [-0.1, -0.05) is 35.5 Å². The number of carboxylic acids is 1. The Morgan fingerprint density at radius 3 is 2.55 bits per heavy atom. The van der Waals surface area contributed by atoms with Gasteiger partial charge in [-0.3, -0.25) is 9.59 Å². The van der Waals surface area contributed by atoms with Gasteiger partial charge >= 0.3 is 29.6 Å². The largest absolute Gasteiger partial charge is 1.00 e. The molecule has 2 saturated heterocycles. The third-order valence-electron chi connectivity index (χ3n) is 5.09. The third-order valence-corrected chi connectivity index (χ3v) is 6.66. The zero-order chi connectivity index (χ0) is 20.2. The summed E-state index contributed by atoms with van der Waals surface area (Å²) in [6, 6.07) is 7.29. The maximum Gasteiger partial charge on any atom is 1.00 e. The van der Waals surface area contributed by atoms with E-state index in [9.17, 15) is 19.5 Å². The molecule has 3 atom stereocenters. The van der Waals surface area contributed by atoms with Gasteiger partial charge in [-0.2, -0.15) is 0 Å². The van der Waals surface area contributed by atoms with E-state index in [1.807, 2.05) is 30.3 Å². The number of β-lactam (4-membered cyclic amide) rings is 1. The maximum atomic E-state index is 12.9. The second kappa shape index (κ2) is 7.79. The summed E-state index contributed by atoms with van der Waals surface area (Å²) in [5.41, 5.74) is 1.38. The van der Waals surface area contributed by atoms with Crippen LogP contribution in [0.15, 0.2) is 34.9 Å². The molecule has 29 heavy (non-hydrogen) atoms. The van der Waals surface area contributed by atoms with E-state index < -0.39 is 40.0 Å². The minimum absolute atomic E-state index is 0. The third kappa shape index (κ3) is 3.50. The smallest absolute Gasteiger partial charge is 0.548 e. The molecule has 146 valence electrons. The van der Waals surface area contributed by atoms with Crippen molar-refractivity contribution in [1.29, 1.82) is 0 Å². The number of hydrogen-bond acceptors (Lipinski definition) is 7. The molecule has 2 aliphatic rings. The van der Waals surface area contributed by atoms with Crippen molar-refractivity contribution in [1.82, 2.24) is 15.4 Å².